The van der Waals surface area contributed by atoms with Gasteiger partial charge in [-0.25, -0.2) is 0 Å². The first-order valence-corrected chi connectivity index (χ1v) is 5.93. The maximum Gasteiger partial charge on any atom is 0.123 e. The highest BCUT2D eigenvalue weighted by Gasteiger charge is 2.31. The van der Waals surface area contributed by atoms with E-state index in [0.717, 1.165) is 17.1 Å². The molecule has 16 heavy (non-hydrogen) atoms. The third-order valence-electron chi connectivity index (χ3n) is 3.14. The van der Waals surface area contributed by atoms with Crippen LogP contribution < -0.4 is 15.8 Å². The van der Waals surface area contributed by atoms with Crippen molar-refractivity contribution in [1.82, 2.24) is 0 Å². The van der Waals surface area contributed by atoms with Crippen molar-refractivity contribution < 1.29 is 4.74 Å². The predicted octanol–water partition coefficient (Wildman–Crippen LogP) is 3.02. The largest absolute Gasteiger partial charge is 0.494 e. The van der Waals surface area contributed by atoms with Gasteiger partial charge >= 0.3 is 0 Å². The molecule has 0 heterocycles. The minimum absolute atomic E-state index is 0.247. The summed E-state index contributed by atoms with van der Waals surface area (Å²) in [5, 5.41) is 3.53. The zero-order chi connectivity index (χ0) is 11.6. The Kier molecular flexibility index (Phi) is 2.95. The molecule has 0 radical (unpaired) electrons. The van der Waals surface area contributed by atoms with E-state index in [1.54, 1.807) is 0 Å². The molecule has 0 aromatic heterocycles. The van der Waals surface area contributed by atoms with Crippen LogP contribution in [0.1, 0.15) is 33.1 Å². The molecular formula is C13H20N2O. The van der Waals surface area contributed by atoms with E-state index in [1.165, 1.54) is 19.3 Å². The van der Waals surface area contributed by atoms with Crippen LogP contribution in [0.3, 0.4) is 0 Å². The topological polar surface area (TPSA) is 47.3 Å². The number of rotatable bonds is 4. The third-order valence-corrected chi connectivity index (χ3v) is 3.14. The Morgan fingerprint density at radius 3 is 2.69 bits per heavy atom. The Hall–Kier alpha value is -1.38. The van der Waals surface area contributed by atoms with Gasteiger partial charge in [-0.1, -0.05) is 0 Å². The maximum atomic E-state index is 5.85. The molecule has 1 saturated carbocycles. The second-order valence-corrected chi connectivity index (χ2v) is 4.76. The summed E-state index contributed by atoms with van der Waals surface area (Å²) in [4.78, 5) is 0. The van der Waals surface area contributed by atoms with Gasteiger partial charge in [0.1, 0.15) is 5.75 Å². The number of nitrogen functional groups attached to an aromatic ring is 1. The molecule has 2 rings (SSSR count). The lowest BCUT2D eigenvalue weighted by atomic mass is 9.78. The molecule has 3 N–H and O–H groups in total. The average Bonchev–Trinajstić information content (AvgIpc) is 2.14. The molecule has 3 heteroatoms. The lowest BCUT2D eigenvalue weighted by Crippen LogP contribution is -2.41. The molecule has 0 spiro atoms. The Balaban J connectivity index is 2.13. The number of hydrogen-bond donors (Lipinski definition) is 2. The van der Waals surface area contributed by atoms with E-state index in [2.05, 4.69) is 12.2 Å². The van der Waals surface area contributed by atoms with Crippen molar-refractivity contribution in [2.75, 3.05) is 17.7 Å². The van der Waals surface area contributed by atoms with Gasteiger partial charge in [0.05, 0.1) is 6.61 Å². The van der Waals surface area contributed by atoms with Crippen LogP contribution in [0.15, 0.2) is 18.2 Å². The first-order chi connectivity index (χ1) is 7.61. The number of nitrogens with one attached hydrogen (secondary N) is 1. The Bertz CT molecular complexity index is 372. The second-order valence-electron chi connectivity index (χ2n) is 4.76. The minimum Gasteiger partial charge on any atom is -0.494 e. The third kappa shape index (κ3) is 2.40. The van der Waals surface area contributed by atoms with Gasteiger partial charge in [0.15, 0.2) is 0 Å². The average molecular weight is 220 g/mol. The summed E-state index contributed by atoms with van der Waals surface area (Å²) in [5.74, 6) is 0.841. The highest BCUT2D eigenvalue weighted by Crippen LogP contribution is 2.36. The van der Waals surface area contributed by atoms with E-state index in [1.807, 2.05) is 25.1 Å². The summed E-state index contributed by atoms with van der Waals surface area (Å²) >= 11 is 0. The smallest absolute Gasteiger partial charge is 0.123 e. The number of ether oxygens (including phenoxy) is 1. The molecule has 3 nitrogen and oxygen atoms in total. The lowest BCUT2D eigenvalue weighted by molar-refractivity contribution is 0.306. The zero-order valence-electron chi connectivity index (χ0n) is 10.0. The molecule has 0 atom stereocenters. The maximum absolute atomic E-state index is 5.85. The van der Waals surface area contributed by atoms with Crippen LogP contribution in [0.5, 0.6) is 5.75 Å². The molecule has 0 bridgehead atoms. The van der Waals surface area contributed by atoms with E-state index in [9.17, 15) is 0 Å². The highest BCUT2D eigenvalue weighted by molar-refractivity contribution is 5.60. The summed E-state index contributed by atoms with van der Waals surface area (Å²) in [7, 11) is 0. The van der Waals surface area contributed by atoms with Crippen LogP contribution in [-0.4, -0.2) is 12.1 Å². The minimum atomic E-state index is 0.247. The Labute approximate surface area is 97.0 Å². The zero-order valence-corrected chi connectivity index (χ0v) is 10.0. The van der Waals surface area contributed by atoms with E-state index in [0.29, 0.717) is 6.61 Å². The number of benzene rings is 1. The molecule has 1 aliphatic carbocycles. The lowest BCUT2D eigenvalue weighted by Gasteiger charge is -2.40. The molecule has 1 fully saturated rings. The fourth-order valence-electron chi connectivity index (χ4n) is 2.12. The van der Waals surface area contributed by atoms with Gasteiger partial charge in [0.2, 0.25) is 0 Å². The number of nitrogens with two attached hydrogens (primary N) is 1. The SMILES string of the molecule is CCOc1cc(N)cc(NC2(C)CCC2)c1. The van der Waals surface area contributed by atoms with Crippen LogP contribution >= 0.6 is 0 Å². The number of anilines is 2. The molecule has 0 unspecified atom stereocenters. The van der Waals surface area contributed by atoms with Gasteiger partial charge in [0.25, 0.3) is 0 Å². The summed E-state index contributed by atoms with van der Waals surface area (Å²) in [6, 6.07) is 5.84. The molecule has 1 aliphatic rings. The predicted molar refractivity (Wildman–Crippen MR) is 67.9 cm³/mol. The van der Waals surface area contributed by atoms with E-state index >= 15 is 0 Å². The van der Waals surface area contributed by atoms with Crippen molar-refractivity contribution in [3.8, 4) is 5.75 Å². The molecular weight excluding hydrogens is 200 g/mol. The summed E-state index contributed by atoms with van der Waals surface area (Å²) < 4.78 is 5.47. The fourth-order valence-corrected chi connectivity index (χ4v) is 2.12. The first-order valence-electron chi connectivity index (χ1n) is 5.93. The fraction of sp³-hybridized carbons (Fsp3) is 0.538. The summed E-state index contributed by atoms with van der Waals surface area (Å²) in [5.41, 5.74) is 7.90. The van der Waals surface area contributed by atoms with Crippen molar-refractivity contribution in [2.24, 2.45) is 0 Å². The monoisotopic (exact) mass is 220 g/mol. The second kappa shape index (κ2) is 4.24. The quantitative estimate of drug-likeness (QED) is 0.767. The van der Waals surface area contributed by atoms with Gasteiger partial charge in [-0.3, -0.25) is 0 Å². The van der Waals surface area contributed by atoms with Crippen LogP contribution in [0.25, 0.3) is 0 Å². The van der Waals surface area contributed by atoms with Crippen LogP contribution in [0, 0.1) is 0 Å². The molecule has 0 saturated heterocycles. The standard InChI is InChI=1S/C13H20N2O/c1-3-16-12-8-10(14)7-11(9-12)15-13(2)5-4-6-13/h7-9,15H,3-6,14H2,1-2H3. The van der Waals surface area contributed by atoms with Crippen LogP contribution in [0.4, 0.5) is 11.4 Å². The van der Waals surface area contributed by atoms with E-state index in [4.69, 9.17) is 10.5 Å². The molecule has 0 aliphatic heterocycles. The molecule has 1 aromatic rings. The van der Waals surface area contributed by atoms with Gasteiger partial charge in [0, 0.05) is 29.0 Å². The highest BCUT2D eigenvalue weighted by atomic mass is 16.5. The van der Waals surface area contributed by atoms with Crippen molar-refractivity contribution in [2.45, 2.75) is 38.6 Å². The normalized spacial score (nSPS) is 17.6. The van der Waals surface area contributed by atoms with Gasteiger partial charge in [-0.2, -0.15) is 0 Å². The molecule has 0 amide bonds. The Morgan fingerprint density at radius 2 is 2.12 bits per heavy atom. The van der Waals surface area contributed by atoms with Crippen molar-refractivity contribution in [3.63, 3.8) is 0 Å². The number of hydrogen-bond acceptors (Lipinski definition) is 3. The Morgan fingerprint density at radius 1 is 1.38 bits per heavy atom. The summed E-state index contributed by atoms with van der Waals surface area (Å²) in [6.45, 7) is 4.89. The van der Waals surface area contributed by atoms with E-state index in [-0.39, 0.29) is 5.54 Å². The van der Waals surface area contributed by atoms with Crippen LogP contribution in [-0.2, 0) is 0 Å². The molecule has 88 valence electrons. The van der Waals surface area contributed by atoms with Gasteiger partial charge < -0.3 is 15.8 Å². The molecule has 1 aromatic carbocycles. The first kappa shape index (κ1) is 11.1. The van der Waals surface area contributed by atoms with Crippen LogP contribution in [0.2, 0.25) is 0 Å². The van der Waals surface area contributed by atoms with Crippen molar-refractivity contribution in [3.05, 3.63) is 18.2 Å². The van der Waals surface area contributed by atoms with Gasteiger partial charge in [-0.05, 0) is 39.2 Å². The van der Waals surface area contributed by atoms with Crippen molar-refractivity contribution in [1.29, 1.82) is 0 Å². The van der Waals surface area contributed by atoms with E-state index < -0.39 is 0 Å². The van der Waals surface area contributed by atoms with Gasteiger partial charge in [-0.15, -0.1) is 0 Å². The van der Waals surface area contributed by atoms with Crippen molar-refractivity contribution >= 4 is 11.4 Å². The summed E-state index contributed by atoms with van der Waals surface area (Å²) in [6.07, 6.45) is 3.77.